The number of hydrogen-bond donors (Lipinski definition) is 1. The smallest absolute Gasteiger partial charge is 0.232 e. The highest BCUT2D eigenvalue weighted by Crippen LogP contribution is 2.29. The molecule has 128 valence electrons. The summed E-state index contributed by atoms with van der Waals surface area (Å²) in [5, 5.41) is 5.64. The molecule has 0 aliphatic carbocycles. The van der Waals surface area contributed by atoms with Gasteiger partial charge in [-0.1, -0.05) is 18.2 Å². The monoisotopic (exact) mass is 400 g/mol. The van der Waals surface area contributed by atoms with Crippen LogP contribution in [0, 0.1) is 0 Å². The number of nitrogens with one attached hydrogen (secondary N) is 1. The lowest BCUT2D eigenvalue weighted by molar-refractivity contribution is -0.107. The molecule has 1 amide bonds. The Bertz CT molecular complexity index is 875. The summed E-state index contributed by atoms with van der Waals surface area (Å²) in [4.78, 5) is 11.5. The first-order valence-corrected chi connectivity index (χ1v) is 8.35. The highest BCUT2D eigenvalue weighted by molar-refractivity contribution is 9.10. The van der Waals surface area contributed by atoms with E-state index in [4.69, 9.17) is 4.74 Å². The van der Waals surface area contributed by atoms with Gasteiger partial charge in [0, 0.05) is 18.7 Å². The van der Waals surface area contributed by atoms with Gasteiger partial charge >= 0.3 is 0 Å². The number of halogens is 1. The molecule has 0 fully saturated rings. The number of hydrogen-bond acceptors (Lipinski definition) is 4. The molecule has 0 spiro atoms. The number of rotatable bonds is 6. The number of amides is 1. The van der Waals surface area contributed by atoms with E-state index in [0.29, 0.717) is 11.4 Å². The first-order valence-electron chi connectivity index (χ1n) is 7.55. The molecule has 3 aromatic rings. The van der Waals surface area contributed by atoms with Crippen molar-refractivity contribution in [2.24, 2.45) is 7.05 Å². The van der Waals surface area contributed by atoms with Crippen molar-refractivity contribution in [1.82, 2.24) is 9.78 Å². The Hall–Kier alpha value is -2.80. The predicted octanol–water partition coefficient (Wildman–Crippen LogP) is 3.85. The number of nitrogens with zero attached hydrogens (tertiary/aromatic N) is 3. The van der Waals surface area contributed by atoms with Crippen molar-refractivity contribution in [2.45, 2.75) is 0 Å². The van der Waals surface area contributed by atoms with E-state index >= 15 is 0 Å². The predicted molar refractivity (Wildman–Crippen MR) is 102 cm³/mol. The molecule has 0 saturated heterocycles. The molecule has 3 rings (SSSR count). The van der Waals surface area contributed by atoms with E-state index in [9.17, 15) is 4.79 Å². The second-order valence-corrected chi connectivity index (χ2v) is 6.19. The summed E-state index contributed by atoms with van der Waals surface area (Å²) in [6, 6.07) is 15.0. The fraction of sp³-hybridized carbons (Fsp3) is 0.111. The quantitative estimate of drug-likeness (QED) is 0.504. The molecule has 6 nitrogen and oxygen atoms in total. The van der Waals surface area contributed by atoms with E-state index in [1.807, 2.05) is 49.5 Å². The molecule has 0 atom stereocenters. The maximum absolute atomic E-state index is 11.5. The number of anilines is 2. The third-order valence-electron chi connectivity index (χ3n) is 3.72. The topological polar surface area (TPSA) is 59.4 Å². The average Bonchev–Trinajstić information content (AvgIpc) is 2.98. The molecule has 0 aliphatic heterocycles. The highest BCUT2D eigenvalue weighted by atomic mass is 79.9. The zero-order valence-corrected chi connectivity index (χ0v) is 15.4. The van der Waals surface area contributed by atoms with Crippen molar-refractivity contribution in [3.63, 3.8) is 0 Å². The van der Waals surface area contributed by atoms with Crippen LogP contribution in [0.25, 0.3) is 11.3 Å². The molecular formula is C18H17BrN4O2. The van der Waals surface area contributed by atoms with Crippen molar-refractivity contribution in [1.29, 1.82) is 0 Å². The lowest BCUT2D eigenvalue weighted by atomic mass is 10.1. The maximum atomic E-state index is 11.5. The fourth-order valence-electron chi connectivity index (χ4n) is 2.52. The van der Waals surface area contributed by atoms with Crippen molar-refractivity contribution in [2.75, 3.05) is 17.5 Å². The Kier molecular flexibility index (Phi) is 5.04. The minimum atomic E-state index is 0.679. The van der Waals surface area contributed by atoms with Gasteiger partial charge < -0.3 is 4.74 Å². The van der Waals surface area contributed by atoms with Crippen LogP contribution in [0.2, 0.25) is 0 Å². The minimum Gasteiger partial charge on any atom is -0.497 e. The van der Waals surface area contributed by atoms with Gasteiger partial charge in [-0.2, -0.15) is 5.10 Å². The van der Waals surface area contributed by atoms with E-state index in [0.717, 1.165) is 27.8 Å². The molecule has 0 saturated carbocycles. The molecule has 25 heavy (non-hydrogen) atoms. The van der Waals surface area contributed by atoms with E-state index < -0.39 is 0 Å². The third-order valence-corrected chi connectivity index (χ3v) is 4.30. The van der Waals surface area contributed by atoms with Crippen molar-refractivity contribution < 1.29 is 9.53 Å². The number of ether oxygens (including phenoxy) is 1. The van der Waals surface area contributed by atoms with Gasteiger partial charge in [0.2, 0.25) is 6.41 Å². The summed E-state index contributed by atoms with van der Waals surface area (Å²) < 4.78 is 7.91. The Labute approximate surface area is 154 Å². The van der Waals surface area contributed by atoms with Crippen molar-refractivity contribution in [3.05, 3.63) is 59.2 Å². The van der Waals surface area contributed by atoms with Crippen LogP contribution in [-0.2, 0) is 11.8 Å². The van der Waals surface area contributed by atoms with Gasteiger partial charge in [0.15, 0.2) is 0 Å². The Morgan fingerprint density at radius 3 is 2.72 bits per heavy atom. The van der Waals surface area contributed by atoms with Gasteiger partial charge in [-0.25, -0.2) is 5.01 Å². The van der Waals surface area contributed by atoms with Crippen LogP contribution in [0.4, 0.5) is 11.4 Å². The Morgan fingerprint density at radius 1 is 1.24 bits per heavy atom. The number of carbonyl (C=O) groups is 1. The molecule has 0 unspecified atom stereocenters. The van der Waals surface area contributed by atoms with E-state index in [-0.39, 0.29) is 0 Å². The molecule has 2 aromatic carbocycles. The fourth-order valence-corrected chi connectivity index (χ4v) is 3.10. The van der Waals surface area contributed by atoms with Crippen LogP contribution in [-0.4, -0.2) is 23.3 Å². The van der Waals surface area contributed by atoms with Gasteiger partial charge in [-0.3, -0.25) is 14.9 Å². The second-order valence-electron chi connectivity index (χ2n) is 5.33. The number of methoxy groups -OCH3 is 1. The molecule has 0 radical (unpaired) electrons. The lowest BCUT2D eigenvalue weighted by Gasteiger charge is -2.20. The van der Waals surface area contributed by atoms with Crippen molar-refractivity contribution in [3.8, 4) is 17.0 Å². The number of carbonyl (C=O) groups excluding carboxylic acids is 1. The summed E-state index contributed by atoms with van der Waals surface area (Å²) in [5.74, 6) is 0.679. The van der Waals surface area contributed by atoms with Crippen LogP contribution in [0.1, 0.15) is 0 Å². The summed E-state index contributed by atoms with van der Waals surface area (Å²) in [6.07, 6.45) is 2.48. The third kappa shape index (κ3) is 3.66. The summed E-state index contributed by atoms with van der Waals surface area (Å²) in [5.41, 5.74) is 6.50. The average molecular weight is 401 g/mol. The largest absolute Gasteiger partial charge is 0.497 e. The summed E-state index contributed by atoms with van der Waals surface area (Å²) in [7, 11) is 3.47. The van der Waals surface area contributed by atoms with E-state index in [2.05, 4.69) is 26.5 Å². The molecule has 1 N–H and O–H groups in total. The minimum absolute atomic E-state index is 0.679. The Morgan fingerprint density at radius 2 is 2.04 bits per heavy atom. The van der Waals surface area contributed by atoms with Crippen LogP contribution in [0.3, 0.4) is 0 Å². The van der Waals surface area contributed by atoms with Gasteiger partial charge in [0.05, 0.1) is 34.8 Å². The van der Waals surface area contributed by atoms with Crippen LogP contribution < -0.4 is 15.2 Å². The van der Waals surface area contributed by atoms with E-state index in [1.165, 1.54) is 5.01 Å². The van der Waals surface area contributed by atoms with Crippen LogP contribution in [0.5, 0.6) is 5.75 Å². The molecule has 1 heterocycles. The van der Waals surface area contributed by atoms with Gasteiger partial charge in [-0.05, 0) is 40.2 Å². The van der Waals surface area contributed by atoms with Gasteiger partial charge in [0.25, 0.3) is 0 Å². The molecule has 0 bridgehead atoms. The molecule has 7 heteroatoms. The number of hydrazine groups is 1. The van der Waals surface area contributed by atoms with Crippen LogP contribution in [0.15, 0.2) is 59.2 Å². The van der Waals surface area contributed by atoms with E-state index in [1.54, 1.807) is 24.1 Å². The normalized spacial score (nSPS) is 10.4. The summed E-state index contributed by atoms with van der Waals surface area (Å²) >= 11 is 3.51. The van der Waals surface area contributed by atoms with Gasteiger partial charge in [0.1, 0.15) is 5.75 Å². The standard InChI is InChI=1S/C18H17BrN4O2/c1-22-18(17(19)11-20-22)13-5-3-6-14(9-13)21-23(12-24)15-7-4-8-16(10-15)25-2/h3-12,21H,1-2H3. The lowest BCUT2D eigenvalue weighted by Crippen LogP contribution is -2.28. The number of benzene rings is 2. The number of aromatic nitrogens is 2. The van der Waals surface area contributed by atoms with Gasteiger partial charge in [-0.15, -0.1) is 0 Å². The van der Waals surface area contributed by atoms with Crippen LogP contribution >= 0.6 is 15.9 Å². The zero-order valence-electron chi connectivity index (χ0n) is 13.8. The SMILES string of the molecule is COc1cccc(N(C=O)Nc2cccc(-c3c(Br)cnn3C)c2)c1. The zero-order chi connectivity index (χ0) is 17.8. The molecule has 1 aromatic heterocycles. The second kappa shape index (κ2) is 7.40. The van der Waals surface area contributed by atoms with Crippen molar-refractivity contribution >= 4 is 33.7 Å². The molecular weight excluding hydrogens is 384 g/mol. The Balaban J connectivity index is 1.89. The first-order chi connectivity index (χ1) is 12.1. The first kappa shape index (κ1) is 17.0. The summed E-state index contributed by atoms with van der Waals surface area (Å²) in [6.45, 7) is 0. The molecule has 0 aliphatic rings. The highest BCUT2D eigenvalue weighted by Gasteiger charge is 2.11. The maximum Gasteiger partial charge on any atom is 0.232 e. The number of aryl methyl sites for hydroxylation is 1.